The van der Waals surface area contributed by atoms with Crippen molar-refractivity contribution in [1.82, 2.24) is 0 Å². The quantitative estimate of drug-likeness (QED) is 0.464. The van der Waals surface area contributed by atoms with Crippen LogP contribution in [0.2, 0.25) is 5.02 Å². The first-order valence-corrected chi connectivity index (χ1v) is 9.88. The zero-order valence-electron chi connectivity index (χ0n) is 15.2. The molecule has 0 aliphatic rings. The summed E-state index contributed by atoms with van der Waals surface area (Å²) in [5.74, 6) is 0.859. The van der Waals surface area contributed by atoms with Crippen LogP contribution in [0.15, 0.2) is 77.3 Å². The molecule has 3 aromatic carbocycles. The van der Waals surface area contributed by atoms with Gasteiger partial charge in [-0.15, -0.1) is 0 Å². The van der Waals surface area contributed by atoms with Gasteiger partial charge in [0.15, 0.2) is 6.10 Å². The summed E-state index contributed by atoms with van der Waals surface area (Å²) < 4.78 is 12.3. The first-order valence-electron chi connectivity index (χ1n) is 8.71. The average Bonchev–Trinajstić information content (AvgIpc) is 2.70. The minimum atomic E-state index is -0.709. The van der Waals surface area contributed by atoms with Gasteiger partial charge in [0.2, 0.25) is 0 Å². The largest absolute Gasteiger partial charge is 0.487 e. The molecule has 0 fully saturated rings. The summed E-state index contributed by atoms with van der Waals surface area (Å²) in [6, 6.07) is 22.3. The minimum absolute atomic E-state index is 0.280. The molecule has 0 bridgehead atoms. The maximum Gasteiger partial charge on any atom is 0.265 e. The molecule has 0 radical (unpaired) electrons. The van der Waals surface area contributed by atoms with Crippen molar-refractivity contribution in [3.63, 3.8) is 0 Å². The number of amides is 1. The van der Waals surface area contributed by atoms with Gasteiger partial charge in [-0.05, 0) is 58.7 Å². The van der Waals surface area contributed by atoms with Gasteiger partial charge >= 0.3 is 0 Å². The van der Waals surface area contributed by atoms with E-state index in [1.165, 1.54) is 0 Å². The fraction of sp³-hybridized carbons (Fsp3) is 0.136. The molecule has 28 heavy (non-hydrogen) atoms. The van der Waals surface area contributed by atoms with Crippen LogP contribution in [0.1, 0.15) is 12.5 Å². The van der Waals surface area contributed by atoms with E-state index >= 15 is 0 Å². The molecule has 4 nitrogen and oxygen atoms in total. The molecule has 144 valence electrons. The van der Waals surface area contributed by atoms with Crippen LogP contribution in [-0.4, -0.2) is 12.0 Å². The maximum absolute atomic E-state index is 12.6. The van der Waals surface area contributed by atoms with E-state index in [1.54, 1.807) is 31.2 Å². The van der Waals surface area contributed by atoms with Crippen molar-refractivity contribution in [2.45, 2.75) is 19.6 Å². The number of nitrogens with one attached hydrogen (secondary N) is 1. The van der Waals surface area contributed by atoms with Crippen molar-refractivity contribution in [3.8, 4) is 11.5 Å². The molecule has 0 aromatic heterocycles. The van der Waals surface area contributed by atoms with Gasteiger partial charge in [-0.1, -0.05) is 54.1 Å². The van der Waals surface area contributed by atoms with E-state index in [-0.39, 0.29) is 5.91 Å². The van der Waals surface area contributed by atoms with Gasteiger partial charge in [0, 0.05) is 5.02 Å². The molecule has 0 aliphatic carbocycles. The predicted octanol–water partition coefficient (Wildman–Crippen LogP) is 6.09. The van der Waals surface area contributed by atoms with Crippen LogP contribution < -0.4 is 14.8 Å². The second-order valence-electron chi connectivity index (χ2n) is 6.09. The van der Waals surface area contributed by atoms with Crippen molar-refractivity contribution in [2.24, 2.45) is 0 Å². The third kappa shape index (κ3) is 5.50. The highest BCUT2D eigenvalue weighted by Gasteiger charge is 2.18. The average molecular weight is 461 g/mol. The Morgan fingerprint density at radius 3 is 2.50 bits per heavy atom. The molecule has 1 atom stereocenters. The molecule has 0 saturated heterocycles. The fourth-order valence-corrected chi connectivity index (χ4v) is 3.26. The summed E-state index contributed by atoms with van der Waals surface area (Å²) in [4.78, 5) is 12.6. The lowest BCUT2D eigenvalue weighted by molar-refractivity contribution is -0.122. The first-order chi connectivity index (χ1) is 13.5. The highest BCUT2D eigenvalue weighted by Crippen LogP contribution is 2.29. The third-order valence-corrected chi connectivity index (χ3v) is 4.80. The number of hydrogen-bond acceptors (Lipinski definition) is 3. The Morgan fingerprint density at radius 2 is 1.75 bits per heavy atom. The van der Waals surface area contributed by atoms with Crippen molar-refractivity contribution in [3.05, 3.63) is 87.9 Å². The van der Waals surface area contributed by atoms with Crippen LogP contribution >= 0.6 is 27.5 Å². The number of carbonyl (C=O) groups excluding carboxylic acids is 1. The highest BCUT2D eigenvalue weighted by molar-refractivity contribution is 9.10. The summed E-state index contributed by atoms with van der Waals surface area (Å²) in [6.45, 7) is 2.10. The summed E-state index contributed by atoms with van der Waals surface area (Å²) >= 11 is 9.32. The molecule has 3 aromatic rings. The van der Waals surface area contributed by atoms with Crippen molar-refractivity contribution in [1.29, 1.82) is 0 Å². The monoisotopic (exact) mass is 459 g/mol. The molecule has 1 N–H and O–H groups in total. The number of halogens is 2. The number of anilines is 1. The second-order valence-corrected chi connectivity index (χ2v) is 7.39. The van der Waals surface area contributed by atoms with Gasteiger partial charge < -0.3 is 14.8 Å². The maximum atomic E-state index is 12.6. The lowest BCUT2D eigenvalue weighted by Gasteiger charge is -2.17. The Morgan fingerprint density at radius 1 is 1.04 bits per heavy atom. The van der Waals surface area contributed by atoms with E-state index < -0.39 is 6.10 Å². The van der Waals surface area contributed by atoms with Crippen LogP contribution in [0.3, 0.4) is 0 Å². The summed E-state index contributed by atoms with van der Waals surface area (Å²) in [5.41, 5.74) is 1.64. The summed E-state index contributed by atoms with van der Waals surface area (Å²) in [6.07, 6.45) is -0.709. The topological polar surface area (TPSA) is 47.6 Å². The number of rotatable bonds is 7. The molecule has 0 heterocycles. The fourth-order valence-electron chi connectivity index (χ4n) is 2.48. The number of carbonyl (C=O) groups is 1. The van der Waals surface area contributed by atoms with E-state index in [2.05, 4.69) is 21.2 Å². The lowest BCUT2D eigenvalue weighted by Crippen LogP contribution is -2.30. The second kappa shape index (κ2) is 9.62. The molecule has 3 rings (SSSR count). The Bertz CT molecular complexity index is 950. The number of hydrogen-bond donors (Lipinski definition) is 1. The summed E-state index contributed by atoms with van der Waals surface area (Å²) in [7, 11) is 0. The molecule has 0 spiro atoms. The lowest BCUT2D eigenvalue weighted by atomic mass is 10.2. The van der Waals surface area contributed by atoms with Gasteiger partial charge in [0.25, 0.3) is 5.91 Å². The minimum Gasteiger partial charge on any atom is -0.487 e. The standard InChI is InChI=1S/C22H19BrClNO3/c1-15(28-20-12-11-17(24)13-18(20)23)22(26)25-19-9-5-6-10-21(19)27-14-16-7-3-2-4-8-16/h2-13,15H,14H2,1H3,(H,25,26). The SMILES string of the molecule is CC(Oc1ccc(Cl)cc1Br)C(=O)Nc1ccccc1OCc1ccccc1. The van der Waals surface area contributed by atoms with Crippen LogP contribution in [0.4, 0.5) is 5.69 Å². The van der Waals surface area contributed by atoms with Crippen molar-refractivity contribution in [2.75, 3.05) is 5.32 Å². The molecular weight excluding hydrogens is 442 g/mol. The highest BCUT2D eigenvalue weighted by atomic mass is 79.9. The van der Waals surface area contributed by atoms with Gasteiger partial charge in [-0.2, -0.15) is 0 Å². The summed E-state index contributed by atoms with van der Waals surface area (Å²) in [5, 5.41) is 3.45. The molecule has 1 amide bonds. The van der Waals surface area contributed by atoms with Gasteiger partial charge in [-0.3, -0.25) is 4.79 Å². The number of ether oxygens (including phenoxy) is 2. The molecule has 1 unspecified atom stereocenters. The molecular formula is C22H19BrClNO3. The van der Waals surface area contributed by atoms with Crippen LogP contribution in [0, 0.1) is 0 Å². The molecule has 0 aliphatic heterocycles. The van der Waals surface area contributed by atoms with Gasteiger partial charge in [0.1, 0.15) is 18.1 Å². The number of para-hydroxylation sites is 2. The first kappa shape index (κ1) is 20.2. The van der Waals surface area contributed by atoms with E-state index in [9.17, 15) is 4.79 Å². The van der Waals surface area contributed by atoms with Gasteiger partial charge in [0.05, 0.1) is 10.2 Å². The van der Waals surface area contributed by atoms with Crippen LogP contribution in [0.5, 0.6) is 11.5 Å². The Balaban J connectivity index is 1.64. The Hall–Kier alpha value is -2.50. The van der Waals surface area contributed by atoms with E-state index in [4.69, 9.17) is 21.1 Å². The van der Waals surface area contributed by atoms with Gasteiger partial charge in [-0.25, -0.2) is 0 Å². The van der Waals surface area contributed by atoms with E-state index in [1.807, 2.05) is 48.5 Å². The zero-order chi connectivity index (χ0) is 19.9. The van der Waals surface area contributed by atoms with E-state index in [0.717, 1.165) is 5.56 Å². The number of benzene rings is 3. The van der Waals surface area contributed by atoms with E-state index in [0.29, 0.717) is 33.3 Å². The van der Waals surface area contributed by atoms with Crippen LogP contribution in [-0.2, 0) is 11.4 Å². The van der Waals surface area contributed by atoms with Crippen molar-refractivity contribution < 1.29 is 14.3 Å². The predicted molar refractivity (Wildman–Crippen MR) is 115 cm³/mol. The molecule has 6 heteroatoms. The normalized spacial score (nSPS) is 11.5. The Kier molecular flexibility index (Phi) is 6.95. The third-order valence-electron chi connectivity index (χ3n) is 3.95. The zero-order valence-corrected chi connectivity index (χ0v) is 17.5. The van der Waals surface area contributed by atoms with Crippen LogP contribution in [0.25, 0.3) is 0 Å². The smallest absolute Gasteiger partial charge is 0.265 e. The van der Waals surface area contributed by atoms with Crippen molar-refractivity contribution >= 4 is 39.1 Å². The Labute approximate surface area is 177 Å². The molecule has 0 saturated carbocycles.